The Morgan fingerprint density at radius 1 is 1.44 bits per heavy atom. The number of carbonyl (C=O) groups is 1. The minimum absolute atomic E-state index is 0.0489. The van der Waals surface area contributed by atoms with Gasteiger partial charge in [0.05, 0.1) is 18.2 Å². The standard InChI is InChI=1S/C12H13ClN4O/c1-16-3-2-4-17(8-12(16)18)11-6-9(7-14)5-10(13)15-11/h5-6H,2-4,8H2,1H3. The van der Waals surface area contributed by atoms with Crippen molar-refractivity contribution in [1.82, 2.24) is 9.88 Å². The van der Waals surface area contributed by atoms with E-state index in [0.29, 0.717) is 11.4 Å². The molecule has 18 heavy (non-hydrogen) atoms. The van der Waals surface area contributed by atoms with E-state index < -0.39 is 0 Å². The molecule has 0 aliphatic carbocycles. The summed E-state index contributed by atoms with van der Waals surface area (Å²) < 4.78 is 0. The van der Waals surface area contributed by atoms with Crippen LogP contribution in [0.3, 0.4) is 0 Å². The minimum Gasteiger partial charge on any atom is -0.347 e. The lowest BCUT2D eigenvalue weighted by Gasteiger charge is -2.20. The quantitative estimate of drug-likeness (QED) is 0.717. The summed E-state index contributed by atoms with van der Waals surface area (Å²) in [5.41, 5.74) is 0.454. The predicted octanol–water partition coefficient (Wildman–Crippen LogP) is 1.28. The predicted molar refractivity (Wildman–Crippen MR) is 68.4 cm³/mol. The molecule has 0 unspecified atom stereocenters. The molecule has 94 valence electrons. The second kappa shape index (κ2) is 5.23. The van der Waals surface area contributed by atoms with Gasteiger partial charge >= 0.3 is 0 Å². The van der Waals surface area contributed by atoms with Crippen LogP contribution in [0.25, 0.3) is 0 Å². The van der Waals surface area contributed by atoms with Crippen molar-refractivity contribution in [3.63, 3.8) is 0 Å². The Balaban J connectivity index is 2.28. The molecule has 0 N–H and O–H groups in total. The van der Waals surface area contributed by atoms with Gasteiger partial charge in [0.25, 0.3) is 0 Å². The van der Waals surface area contributed by atoms with Crippen LogP contribution in [-0.2, 0) is 4.79 Å². The molecule has 1 saturated heterocycles. The molecule has 0 radical (unpaired) electrons. The number of rotatable bonds is 1. The van der Waals surface area contributed by atoms with Crippen molar-refractivity contribution >= 4 is 23.3 Å². The number of nitrogens with zero attached hydrogens (tertiary/aromatic N) is 4. The first-order valence-corrected chi connectivity index (χ1v) is 6.04. The number of halogens is 1. The van der Waals surface area contributed by atoms with Crippen molar-refractivity contribution < 1.29 is 4.79 Å². The molecular weight excluding hydrogens is 252 g/mol. The van der Waals surface area contributed by atoms with Crippen LogP contribution in [0.5, 0.6) is 0 Å². The van der Waals surface area contributed by atoms with Crippen molar-refractivity contribution in [2.75, 3.05) is 31.6 Å². The van der Waals surface area contributed by atoms with E-state index in [1.165, 1.54) is 6.07 Å². The van der Waals surface area contributed by atoms with Crippen LogP contribution in [0.15, 0.2) is 12.1 Å². The van der Waals surface area contributed by atoms with Crippen LogP contribution in [-0.4, -0.2) is 42.5 Å². The highest BCUT2D eigenvalue weighted by Gasteiger charge is 2.20. The van der Waals surface area contributed by atoms with Gasteiger partial charge in [-0.2, -0.15) is 5.26 Å². The lowest BCUT2D eigenvalue weighted by atomic mass is 10.2. The van der Waals surface area contributed by atoms with E-state index in [1.54, 1.807) is 18.0 Å². The Morgan fingerprint density at radius 2 is 2.22 bits per heavy atom. The topological polar surface area (TPSA) is 60.2 Å². The molecule has 0 aromatic carbocycles. The van der Waals surface area contributed by atoms with Gasteiger partial charge in [-0.1, -0.05) is 11.6 Å². The van der Waals surface area contributed by atoms with E-state index in [9.17, 15) is 4.79 Å². The van der Waals surface area contributed by atoms with Crippen LogP contribution >= 0.6 is 11.6 Å². The zero-order chi connectivity index (χ0) is 13.1. The summed E-state index contributed by atoms with van der Waals surface area (Å²) >= 11 is 5.87. The van der Waals surface area contributed by atoms with Crippen LogP contribution in [0.2, 0.25) is 5.15 Å². The highest BCUT2D eigenvalue weighted by molar-refractivity contribution is 6.29. The van der Waals surface area contributed by atoms with Crippen LogP contribution in [0, 0.1) is 11.3 Å². The first kappa shape index (κ1) is 12.7. The van der Waals surface area contributed by atoms with Gasteiger partial charge in [-0.15, -0.1) is 0 Å². The molecule has 1 aliphatic rings. The Hall–Kier alpha value is -1.80. The second-order valence-electron chi connectivity index (χ2n) is 4.24. The van der Waals surface area contributed by atoms with Crippen molar-refractivity contribution in [3.05, 3.63) is 22.8 Å². The lowest BCUT2D eigenvalue weighted by molar-refractivity contribution is -0.127. The maximum atomic E-state index is 11.8. The zero-order valence-electron chi connectivity index (χ0n) is 10.1. The molecule has 1 fully saturated rings. The molecule has 0 bridgehead atoms. The number of amides is 1. The Morgan fingerprint density at radius 3 is 2.94 bits per heavy atom. The van der Waals surface area contributed by atoms with Gasteiger partial charge in [-0.05, 0) is 18.6 Å². The Labute approximate surface area is 111 Å². The van der Waals surface area contributed by atoms with Crippen molar-refractivity contribution in [2.24, 2.45) is 0 Å². The second-order valence-corrected chi connectivity index (χ2v) is 4.63. The van der Waals surface area contributed by atoms with E-state index in [1.807, 2.05) is 11.0 Å². The Kier molecular flexibility index (Phi) is 3.68. The van der Waals surface area contributed by atoms with E-state index in [2.05, 4.69) is 4.98 Å². The average Bonchev–Trinajstić information content (AvgIpc) is 2.51. The molecular formula is C12H13ClN4O. The number of likely N-dealkylation sites (N-methyl/N-ethyl adjacent to an activating group) is 1. The van der Waals surface area contributed by atoms with E-state index in [-0.39, 0.29) is 17.6 Å². The van der Waals surface area contributed by atoms with Crippen LogP contribution in [0.4, 0.5) is 5.82 Å². The summed E-state index contributed by atoms with van der Waals surface area (Å²) in [6.07, 6.45) is 0.873. The summed E-state index contributed by atoms with van der Waals surface area (Å²) in [6, 6.07) is 5.20. The first-order chi connectivity index (χ1) is 8.60. The number of nitriles is 1. The van der Waals surface area contributed by atoms with Gasteiger partial charge in [-0.25, -0.2) is 4.98 Å². The smallest absolute Gasteiger partial charge is 0.241 e. The SMILES string of the molecule is CN1CCCN(c2cc(C#N)cc(Cl)n2)CC1=O. The van der Waals surface area contributed by atoms with Crippen molar-refractivity contribution in [2.45, 2.75) is 6.42 Å². The summed E-state index contributed by atoms with van der Waals surface area (Å²) in [5, 5.41) is 9.18. The highest BCUT2D eigenvalue weighted by atomic mass is 35.5. The Bertz CT molecular complexity index is 511. The van der Waals surface area contributed by atoms with Gasteiger partial charge in [0.1, 0.15) is 11.0 Å². The molecule has 2 heterocycles. The largest absolute Gasteiger partial charge is 0.347 e. The van der Waals surface area contributed by atoms with Crippen LogP contribution in [0.1, 0.15) is 12.0 Å². The van der Waals surface area contributed by atoms with E-state index >= 15 is 0 Å². The molecule has 1 aromatic rings. The fraction of sp³-hybridized carbons (Fsp3) is 0.417. The molecule has 0 spiro atoms. The van der Waals surface area contributed by atoms with Gasteiger partial charge < -0.3 is 9.80 Å². The summed E-state index contributed by atoms with van der Waals surface area (Å²) in [6.45, 7) is 1.74. The molecule has 1 amide bonds. The minimum atomic E-state index is 0.0489. The third kappa shape index (κ3) is 2.71. The molecule has 6 heteroatoms. The molecule has 1 aliphatic heterocycles. The van der Waals surface area contributed by atoms with E-state index in [0.717, 1.165) is 19.5 Å². The van der Waals surface area contributed by atoms with Gasteiger partial charge in [0, 0.05) is 20.1 Å². The van der Waals surface area contributed by atoms with Crippen LogP contribution < -0.4 is 4.90 Å². The fourth-order valence-corrected chi connectivity index (χ4v) is 2.10. The highest BCUT2D eigenvalue weighted by Crippen LogP contribution is 2.19. The van der Waals surface area contributed by atoms with Crippen molar-refractivity contribution in [1.29, 1.82) is 5.26 Å². The van der Waals surface area contributed by atoms with Gasteiger partial charge in [-0.3, -0.25) is 4.79 Å². The summed E-state index contributed by atoms with van der Waals surface area (Å²) in [5.74, 6) is 0.635. The number of aromatic nitrogens is 1. The molecule has 2 rings (SSSR count). The number of hydrogen-bond acceptors (Lipinski definition) is 4. The normalized spacial score (nSPS) is 16.4. The molecule has 0 saturated carbocycles. The maximum absolute atomic E-state index is 11.8. The number of hydrogen-bond donors (Lipinski definition) is 0. The lowest BCUT2D eigenvalue weighted by Crippen LogP contribution is -2.34. The monoisotopic (exact) mass is 264 g/mol. The first-order valence-electron chi connectivity index (χ1n) is 5.67. The summed E-state index contributed by atoms with van der Waals surface area (Å²) in [4.78, 5) is 19.5. The average molecular weight is 265 g/mol. The van der Waals surface area contributed by atoms with Gasteiger partial charge in [0.2, 0.25) is 5.91 Å². The number of pyridine rings is 1. The van der Waals surface area contributed by atoms with Gasteiger partial charge in [0.15, 0.2) is 0 Å². The van der Waals surface area contributed by atoms with Crippen molar-refractivity contribution in [3.8, 4) is 6.07 Å². The zero-order valence-corrected chi connectivity index (χ0v) is 10.8. The maximum Gasteiger partial charge on any atom is 0.241 e. The fourth-order valence-electron chi connectivity index (χ4n) is 1.89. The summed E-state index contributed by atoms with van der Waals surface area (Å²) in [7, 11) is 1.79. The van der Waals surface area contributed by atoms with E-state index in [4.69, 9.17) is 16.9 Å². The molecule has 5 nitrogen and oxygen atoms in total. The number of anilines is 1. The third-order valence-electron chi connectivity index (χ3n) is 2.91. The molecule has 0 atom stereocenters. The number of carbonyl (C=O) groups excluding carboxylic acids is 1. The third-order valence-corrected chi connectivity index (χ3v) is 3.10. The molecule has 1 aromatic heterocycles.